The van der Waals surface area contributed by atoms with Gasteiger partial charge in [0.2, 0.25) is 11.8 Å². The van der Waals surface area contributed by atoms with Crippen LogP contribution in [0.25, 0.3) is 0 Å². The summed E-state index contributed by atoms with van der Waals surface area (Å²) in [6.45, 7) is 2.81. The summed E-state index contributed by atoms with van der Waals surface area (Å²) in [6, 6.07) is 4.06. The van der Waals surface area contributed by atoms with Gasteiger partial charge in [0, 0.05) is 26.6 Å². The van der Waals surface area contributed by atoms with E-state index < -0.39 is 11.9 Å². The predicted molar refractivity (Wildman–Crippen MR) is 82.9 cm³/mol. The lowest BCUT2D eigenvalue weighted by molar-refractivity contribution is -0.143. The van der Waals surface area contributed by atoms with Crippen molar-refractivity contribution in [2.45, 2.75) is 38.8 Å². The molecule has 1 aromatic carbocycles. The van der Waals surface area contributed by atoms with Crippen molar-refractivity contribution in [3.8, 4) is 0 Å². The van der Waals surface area contributed by atoms with Gasteiger partial charge < -0.3 is 9.80 Å². The van der Waals surface area contributed by atoms with E-state index in [1.165, 1.54) is 17.0 Å². The number of rotatable bonds is 5. The summed E-state index contributed by atoms with van der Waals surface area (Å²) in [7, 11) is 1.66. The van der Waals surface area contributed by atoms with Gasteiger partial charge in [-0.25, -0.2) is 4.39 Å². The molecule has 2 rings (SSSR count). The Balaban J connectivity index is 2.06. The highest BCUT2D eigenvalue weighted by Crippen LogP contribution is 2.19. The number of carbonyl (C=O) groups is 2. The standard InChI is InChI=1S/C16H20ClFN2O2/c1-3-14(20-8-4-5-15(20)21)16(22)19(2)10-11-6-7-12(17)13(18)9-11/h6-7,9,14H,3-5,8,10H2,1-2H3/t14-/m1/s1. The Bertz CT molecular complexity index is 579. The lowest BCUT2D eigenvalue weighted by Gasteiger charge is -2.30. The van der Waals surface area contributed by atoms with Crippen LogP contribution in [-0.2, 0) is 16.1 Å². The average Bonchev–Trinajstić information content (AvgIpc) is 2.90. The van der Waals surface area contributed by atoms with Gasteiger partial charge in [-0.1, -0.05) is 24.6 Å². The molecule has 2 amide bonds. The first kappa shape index (κ1) is 16.7. The molecule has 4 nitrogen and oxygen atoms in total. The van der Waals surface area contributed by atoms with Crippen LogP contribution in [0.2, 0.25) is 5.02 Å². The molecule has 1 atom stereocenters. The maximum Gasteiger partial charge on any atom is 0.245 e. The number of amides is 2. The minimum absolute atomic E-state index is 0.0335. The molecule has 6 heteroatoms. The molecule has 1 aliphatic heterocycles. The Labute approximate surface area is 134 Å². The van der Waals surface area contributed by atoms with Gasteiger partial charge in [-0.05, 0) is 30.5 Å². The summed E-state index contributed by atoms with van der Waals surface area (Å²) in [6.07, 6.45) is 1.88. The third-order valence-electron chi connectivity index (χ3n) is 3.94. The third-order valence-corrected chi connectivity index (χ3v) is 4.24. The summed E-state index contributed by atoms with van der Waals surface area (Å²) in [5.74, 6) is -0.582. The van der Waals surface area contributed by atoms with Gasteiger partial charge in [0.1, 0.15) is 11.9 Å². The van der Waals surface area contributed by atoms with E-state index in [0.29, 0.717) is 24.9 Å². The normalized spacial score (nSPS) is 16.0. The molecule has 1 aromatic rings. The molecular weight excluding hydrogens is 307 g/mol. The van der Waals surface area contributed by atoms with E-state index in [9.17, 15) is 14.0 Å². The molecule has 0 aliphatic carbocycles. The number of carbonyl (C=O) groups excluding carboxylic acids is 2. The molecule has 1 saturated heterocycles. The number of likely N-dealkylation sites (N-methyl/N-ethyl adjacent to an activating group) is 1. The van der Waals surface area contributed by atoms with Crippen LogP contribution in [0, 0.1) is 5.82 Å². The van der Waals surface area contributed by atoms with E-state index in [2.05, 4.69) is 0 Å². The van der Waals surface area contributed by atoms with Gasteiger partial charge in [0.05, 0.1) is 5.02 Å². The molecule has 1 heterocycles. The third kappa shape index (κ3) is 3.58. The van der Waals surface area contributed by atoms with Crippen LogP contribution in [0.1, 0.15) is 31.7 Å². The number of benzene rings is 1. The van der Waals surface area contributed by atoms with Crippen molar-refractivity contribution in [1.82, 2.24) is 9.80 Å². The summed E-state index contributed by atoms with van der Waals surface area (Å²) in [5.41, 5.74) is 0.667. The van der Waals surface area contributed by atoms with Crippen molar-refractivity contribution in [1.29, 1.82) is 0 Å². The van der Waals surface area contributed by atoms with Gasteiger partial charge in [-0.2, -0.15) is 0 Å². The highest BCUT2D eigenvalue weighted by molar-refractivity contribution is 6.30. The molecule has 0 aromatic heterocycles. The largest absolute Gasteiger partial charge is 0.340 e. The van der Waals surface area contributed by atoms with Gasteiger partial charge in [-0.15, -0.1) is 0 Å². The van der Waals surface area contributed by atoms with Crippen LogP contribution in [-0.4, -0.2) is 41.2 Å². The van der Waals surface area contributed by atoms with Crippen LogP contribution in [0.4, 0.5) is 4.39 Å². The van der Waals surface area contributed by atoms with Crippen LogP contribution in [0.5, 0.6) is 0 Å². The molecule has 0 saturated carbocycles. The Morgan fingerprint density at radius 2 is 2.23 bits per heavy atom. The quantitative estimate of drug-likeness (QED) is 0.835. The van der Waals surface area contributed by atoms with Crippen molar-refractivity contribution < 1.29 is 14.0 Å². The fourth-order valence-corrected chi connectivity index (χ4v) is 2.89. The zero-order valence-electron chi connectivity index (χ0n) is 12.8. The first-order valence-corrected chi connectivity index (χ1v) is 7.80. The maximum atomic E-state index is 13.5. The minimum atomic E-state index is -0.498. The van der Waals surface area contributed by atoms with Gasteiger partial charge in [-0.3, -0.25) is 9.59 Å². The molecular formula is C16H20ClFN2O2. The van der Waals surface area contributed by atoms with Crippen molar-refractivity contribution in [3.05, 3.63) is 34.6 Å². The minimum Gasteiger partial charge on any atom is -0.340 e. The second-order valence-electron chi connectivity index (χ2n) is 5.56. The van der Waals surface area contributed by atoms with E-state index in [4.69, 9.17) is 11.6 Å². The molecule has 0 unspecified atom stereocenters. The van der Waals surface area contributed by atoms with Crippen molar-refractivity contribution >= 4 is 23.4 Å². The summed E-state index contributed by atoms with van der Waals surface area (Å²) in [5, 5.41) is 0.0619. The van der Waals surface area contributed by atoms with E-state index >= 15 is 0 Å². The van der Waals surface area contributed by atoms with Crippen molar-refractivity contribution in [2.75, 3.05) is 13.6 Å². The van der Waals surface area contributed by atoms with Crippen LogP contribution < -0.4 is 0 Å². The van der Waals surface area contributed by atoms with Gasteiger partial charge in [0.25, 0.3) is 0 Å². The van der Waals surface area contributed by atoms with Gasteiger partial charge >= 0.3 is 0 Å². The fraction of sp³-hybridized carbons (Fsp3) is 0.500. The summed E-state index contributed by atoms with van der Waals surface area (Å²) >= 11 is 5.66. The lowest BCUT2D eigenvalue weighted by atomic mass is 10.1. The van der Waals surface area contributed by atoms with Crippen LogP contribution in [0.3, 0.4) is 0 Å². The molecule has 120 valence electrons. The first-order chi connectivity index (χ1) is 10.4. The maximum absolute atomic E-state index is 13.5. The van der Waals surface area contributed by atoms with Crippen molar-refractivity contribution in [3.63, 3.8) is 0 Å². The molecule has 0 radical (unpaired) electrons. The second kappa shape index (κ2) is 7.09. The Morgan fingerprint density at radius 3 is 2.77 bits per heavy atom. The molecule has 0 N–H and O–H groups in total. The topological polar surface area (TPSA) is 40.6 Å². The van der Waals surface area contributed by atoms with Crippen LogP contribution in [0.15, 0.2) is 18.2 Å². The Kier molecular flexibility index (Phi) is 5.40. The van der Waals surface area contributed by atoms with Crippen molar-refractivity contribution in [2.24, 2.45) is 0 Å². The van der Waals surface area contributed by atoms with Gasteiger partial charge in [0.15, 0.2) is 0 Å². The highest BCUT2D eigenvalue weighted by atomic mass is 35.5. The zero-order valence-corrected chi connectivity index (χ0v) is 13.6. The number of likely N-dealkylation sites (tertiary alicyclic amines) is 1. The number of nitrogens with zero attached hydrogens (tertiary/aromatic N) is 2. The number of halogens is 2. The number of hydrogen-bond donors (Lipinski definition) is 0. The second-order valence-corrected chi connectivity index (χ2v) is 5.96. The summed E-state index contributed by atoms with van der Waals surface area (Å²) in [4.78, 5) is 27.6. The average molecular weight is 327 g/mol. The van der Waals surface area contributed by atoms with E-state index in [1.54, 1.807) is 18.0 Å². The zero-order chi connectivity index (χ0) is 16.3. The molecule has 1 fully saturated rings. The smallest absolute Gasteiger partial charge is 0.245 e. The first-order valence-electron chi connectivity index (χ1n) is 7.42. The molecule has 22 heavy (non-hydrogen) atoms. The number of hydrogen-bond acceptors (Lipinski definition) is 2. The fourth-order valence-electron chi connectivity index (χ4n) is 2.77. The Morgan fingerprint density at radius 1 is 1.50 bits per heavy atom. The van der Waals surface area contributed by atoms with E-state index in [1.807, 2.05) is 6.92 Å². The van der Waals surface area contributed by atoms with E-state index in [0.717, 1.165) is 6.42 Å². The molecule has 0 spiro atoms. The molecule has 1 aliphatic rings. The summed E-state index contributed by atoms with van der Waals surface area (Å²) < 4.78 is 13.5. The van der Waals surface area contributed by atoms with E-state index in [-0.39, 0.29) is 23.4 Å². The predicted octanol–water partition coefficient (Wildman–Crippen LogP) is 2.84. The monoisotopic (exact) mass is 326 g/mol. The SMILES string of the molecule is CC[C@H](C(=O)N(C)Cc1ccc(Cl)c(F)c1)N1CCCC1=O. The van der Waals surface area contributed by atoms with Crippen LogP contribution >= 0.6 is 11.6 Å². The highest BCUT2D eigenvalue weighted by Gasteiger charge is 2.33. The Hall–Kier alpha value is -1.62. The molecule has 0 bridgehead atoms. The lowest BCUT2D eigenvalue weighted by Crippen LogP contribution is -2.47.